The second kappa shape index (κ2) is 6.84. The predicted octanol–water partition coefficient (Wildman–Crippen LogP) is 2.70. The number of hydrogen-bond acceptors (Lipinski definition) is 5. The standard InChI is InChI=1S/C16H16ClN5O2/c1-9-13(10(2)24-21-9)6-7-18-16(23)15-14(19-22-20-15)11-4-3-5-12(17)8-11/h3-5,8H,6-7H2,1-2H3,(H,18,23)(H,19,20,22). The largest absolute Gasteiger partial charge is 0.361 e. The van der Waals surface area contributed by atoms with Crippen LogP contribution in [0.4, 0.5) is 0 Å². The highest BCUT2D eigenvalue weighted by atomic mass is 35.5. The average Bonchev–Trinajstić information content (AvgIpc) is 3.16. The van der Waals surface area contributed by atoms with E-state index in [2.05, 4.69) is 25.9 Å². The van der Waals surface area contributed by atoms with Crippen LogP contribution >= 0.6 is 11.6 Å². The smallest absolute Gasteiger partial charge is 0.274 e. The number of aromatic nitrogens is 4. The Morgan fingerprint density at radius 2 is 2.17 bits per heavy atom. The summed E-state index contributed by atoms with van der Waals surface area (Å²) < 4.78 is 5.11. The average molecular weight is 346 g/mol. The fourth-order valence-corrected chi connectivity index (χ4v) is 2.66. The Bertz CT molecular complexity index is 851. The fraction of sp³-hybridized carbons (Fsp3) is 0.250. The van der Waals surface area contributed by atoms with Gasteiger partial charge in [-0.15, -0.1) is 0 Å². The van der Waals surface area contributed by atoms with Gasteiger partial charge in [0.15, 0.2) is 5.69 Å². The van der Waals surface area contributed by atoms with Crippen molar-refractivity contribution in [2.75, 3.05) is 6.54 Å². The molecule has 0 aliphatic carbocycles. The van der Waals surface area contributed by atoms with Gasteiger partial charge in [0, 0.05) is 22.7 Å². The first-order valence-corrected chi connectivity index (χ1v) is 7.80. The monoisotopic (exact) mass is 345 g/mol. The summed E-state index contributed by atoms with van der Waals surface area (Å²) in [6, 6.07) is 7.12. The molecule has 2 N–H and O–H groups in total. The van der Waals surface area contributed by atoms with Crippen LogP contribution < -0.4 is 5.32 Å². The quantitative estimate of drug-likeness (QED) is 0.741. The summed E-state index contributed by atoms with van der Waals surface area (Å²) in [7, 11) is 0. The van der Waals surface area contributed by atoms with Crippen LogP contribution in [0, 0.1) is 13.8 Å². The van der Waals surface area contributed by atoms with Crippen LogP contribution in [0.2, 0.25) is 5.02 Å². The molecule has 1 aromatic carbocycles. The van der Waals surface area contributed by atoms with Crippen LogP contribution in [0.5, 0.6) is 0 Å². The Balaban J connectivity index is 1.69. The first-order valence-electron chi connectivity index (χ1n) is 7.43. The van der Waals surface area contributed by atoms with Gasteiger partial charge in [0.25, 0.3) is 5.91 Å². The lowest BCUT2D eigenvalue weighted by molar-refractivity contribution is 0.0949. The number of hydrogen-bond donors (Lipinski definition) is 2. The summed E-state index contributed by atoms with van der Waals surface area (Å²) in [5.74, 6) is 0.466. The van der Waals surface area contributed by atoms with Crippen LogP contribution in [0.15, 0.2) is 28.8 Å². The number of carbonyl (C=O) groups is 1. The number of rotatable bonds is 5. The van der Waals surface area contributed by atoms with Crippen LogP contribution in [0.25, 0.3) is 11.3 Å². The highest BCUT2D eigenvalue weighted by Crippen LogP contribution is 2.22. The van der Waals surface area contributed by atoms with E-state index in [0.717, 1.165) is 22.6 Å². The molecule has 3 aromatic rings. The number of halogens is 1. The van der Waals surface area contributed by atoms with Gasteiger partial charge in [-0.3, -0.25) is 4.79 Å². The number of nitrogens with one attached hydrogen (secondary N) is 2. The SMILES string of the molecule is Cc1noc(C)c1CCNC(=O)c1n[nH]nc1-c1cccc(Cl)c1. The van der Waals surface area contributed by atoms with Gasteiger partial charge in [0.1, 0.15) is 11.5 Å². The summed E-state index contributed by atoms with van der Waals surface area (Å²) in [6.07, 6.45) is 0.636. The topological polar surface area (TPSA) is 96.7 Å². The zero-order valence-electron chi connectivity index (χ0n) is 13.3. The van der Waals surface area contributed by atoms with E-state index >= 15 is 0 Å². The highest BCUT2D eigenvalue weighted by Gasteiger charge is 2.18. The van der Waals surface area contributed by atoms with Crippen molar-refractivity contribution < 1.29 is 9.32 Å². The van der Waals surface area contributed by atoms with Gasteiger partial charge in [-0.25, -0.2) is 0 Å². The molecule has 0 saturated heterocycles. The molecule has 2 aromatic heterocycles. The predicted molar refractivity (Wildman–Crippen MR) is 88.8 cm³/mol. The highest BCUT2D eigenvalue weighted by molar-refractivity contribution is 6.30. The molecule has 0 radical (unpaired) electrons. The second-order valence-electron chi connectivity index (χ2n) is 5.34. The Kier molecular flexibility index (Phi) is 4.61. The summed E-state index contributed by atoms with van der Waals surface area (Å²) in [6.45, 7) is 4.18. The van der Waals surface area contributed by atoms with E-state index < -0.39 is 0 Å². The van der Waals surface area contributed by atoms with Gasteiger partial charge < -0.3 is 9.84 Å². The molecule has 124 valence electrons. The van der Waals surface area contributed by atoms with E-state index in [1.54, 1.807) is 18.2 Å². The van der Waals surface area contributed by atoms with Crippen molar-refractivity contribution >= 4 is 17.5 Å². The zero-order valence-corrected chi connectivity index (χ0v) is 14.0. The third kappa shape index (κ3) is 3.30. The molecule has 7 nitrogen and oxygen atoms in total. The van der Waals surface area contributed by atoms with Crippen LogP contribution in [0.3, 0.4) is 0 Å². The van der Waals surface area contributed by atoms with Crippen molar-refractivity contribution in [2.24, 2.45) is 0 Å². The van der Waals surface area contributed by atoms with Crippen LogP contribution in [-0.2, 0) is 6.42 Å². The summed E-state index contributed by atoms with van der Waals surface area (Å²) in [5, 5.41) is 17.8. The lowest BCUT2D eigenvalue weighted by Gasteiger charge is -2.05. The zero-order chi connectivity index (χ0) is 17.1. The van der Waals surface area contributed by atoms with Crippen molar-refractivity contribution in [3.8, 4) is 11.3 Å². The number of carbonyl (C=O) groups excluding carboxylic acids is 1. The molecule has 2 heterocycles. The maximum atomic E-state index is 12.4. The molecule has 0 fully saturated rings. The maximum Gasteiger partial charge on any atom is 0.274 e. The molecule has 8 heteroatoms. The van der Waals surface area contributed by atoms with E-state index in [-0.39, 0.29) is 11.6 Å². The van der Waals surface area contributed by atoms with E-state index in [0.29, 0.717) is 23.7 Å². The van der Waals surface area contributed by atoms with Crippen molar-refractivity contribution in [1.29, 1.82) is 0 Å². The molecule has 1 amide bonds. The van der Waals surface area contributed by atoms with Gasteiger partial charge in [-0.1, -0.05) is 28.9 Å². The Labute approximate surface area is 143 Å². The first kappa shape index (κ1) is 16.2. The molecular formula is C16H16ClN5O2. The van der Waals surface area contributed by atoms with Gasteiger partial charge >= 0.3 is 0 Å². The molecule has 0 bridgehead atoms. The van der Waals surface area contributed by atoms with Crippen LogP contribution in [0.1, 0.15) is 27.5 Å². The second-order valence-corrected chi connectivity index (χ2v) is 5.78. The van der Waals surface area contributed by atoms with E-state index in [4.69, 9.17) is 16.1 Å². The van der Waals surface area contributed by atoms with E-state index in [1.165, 1.54) is 0 Å². The molecule has 0 saturated carbocycles. The fourth-order valence-electron chi connectivity index (χ4n) is 2.47. The number of H-pyrrole nitrogens is 1. The minimum atomic E-state index is -0.300. The Hall–Kier alpha value is -2.67. The number of amides is 1. The molecule has 0 unspecified atom stereocenters. The molecule has 0 atom stereocenters. The van der Waals surface area contributed by atoms with Gasteiger partial charge in [0.05, 0.1) is 5.69 Å². The number of aromatic amines is 1. The number of benzene rings is 1. The van der Waals surface area contributed by atoms with Crippen molar-refractivity contribution in [1.82, 2.24) is 25.9 Å². The summed E-state index contributed by atoms with van der Waals surface area (Å²) in [4.78, 5) is 12.4. The van der Waals surface area contributed by atoms with E-state index in [1.807, 2.05) is 19.9 Å². The molecule has 0 spiro atoms. The molecule has 3 rings (SSSR count). The van der Waals surface area contributed by atoms with E-state index in [9.17, 15) is 4.79 Å². The maximum absolute atomic E-state index is 12.4. The minimum Gasteiger partial charge on any atom is -0.361 e. The lowest BCUT2D eigenvalue weighted by Crippen LogP contribution is -2.26. The normalized spacial score (nSPS) is 10.8. The summed E-state index contributed by atoms with van der Waals surface area (Å²) in [5.41, 5.74) is 3.27. The van der Waals surface area contributed by atoms with Gasteiger partial charge in [-0.05, 0) is 32.4 Å². The van der Waals surface area contributed by atoms with Crippen molar-refractivity contribution in [3.05, 3.63) is 52.0 Å². The number of aryl methyl sites for hydroxylation is 2. The minimum absolute atomic E-state index is 0.232. The van der Waals surface area contributed by atoms with Crippen LogP contribution in [-0.4, -0.2) is 33.0 Å². The molecular weight excluding hydrogens is 330 g/mol. The lowest BCUT2D eigenvalue weighted by atomic mass is 10.1. The molecule has 24 heavy (non-hydrogen) atoms. The van der Waals surface area contributed by atoms with Gasteiger partial charge in [-0.2, -0.15) is 15.4 Å². The molecule has 0 aliphatic rings. The molecule has 0 aliphatic heterocycles. The third-order valence-electron chi connectivity index (χ3n) is 3.70. The Morgan fingerprint density at radius 3 is 2.88 bits per heavy atom. The first-order chi connectivity index (χ1) is 11.6. The third-order valence-corrected chi connectivity index (χ3v) is 3.94. The summed E-state index contributed by atoms with van der Waals surface area (Å²) >= 11 is 5.99. The van der Waals surface area contributed by atoms with Crippen molar-refractivity contribution in [2.45, 2.75) is 20.3 Å². The van der Waals surface area contributed by atoms with Gasteiger partial charge in [0.2, 0.25) is 0 Å². The van der Waals surface area contributed by atoms with Crippen molar-refractivity contribution in [3.63, 3.8) is 0 Å². The number of nitrogens with zero attached hydrogens (tertiary/aromatic N) is 3. The Morgan fingerprint density at radius 1 is 1.33 bits per heavy atom.